The van der Waals surface area contributed by atoms with Crippen LogP contribution in [0.4, 0.5) is 0 Å². The van der Waals surface area contributed by atoms with Crippen molar-refractivity contribution >= 4 is 22.9 Å². The van der Waals surface area contributed by atoms with Crippen molar-refractivity contribution < 1.29 is 4.79 Å². The standard InChI is InChI=1S/C15H13N3O2S/c19-14(16-7-6-11-4-3-9-21-11)12-10-17-13-5-1-2-8-18(13)15(12)20/h1-5,8-10H,6-7H2,(H,16,19). The number of hydrogen-bond donors (Lipinski definition) is 1. The van der Waals surface area contributed by atoms with Crippen molar-refractivity contribution in [3.63, 3.8) is 0 Å². The Morgan fingerprint density at radius 3 is 3.00 bits per heavy atom. The summed E-state index contributed by atoms with van der Waals surface area (Å²) in [5, 5.41) is 4.75. The van der Waals surface area contributed by atoms with Crippen molar-refractivity contribution in [3.8, 4) is 0 Å². The third-order valence-electron chi connectivity index (χ3n) is 3.10. The first-order valence-corrected chi connectivity index (χ1v) is 7.40. The summed E-state index contributed by atoms with van der Waals surface area (Å²) in [6.07, 6.45) is 3.69. The van der Waals surface area contributed by atoms with Crippen LogP contribution in [0.1, 0.15) is 15.2 Å². The molecule has 1 amide bonds. The maximum Gasteiger partial charge on any atom is 0.270 e. The number of nitrogens with zero attached hydrogens (tertiary/aromatic N) is 2. The number of aromatic nitrogens is 2. The molecule has 0 spiro atoms. The molecule has 0 saturated heterocycles. The van der Waals surface area contributed by atoms with Gasteiger partial charge in [0.25, 0.3) is 11.5 Å². The van der Waals surface area contributed by atoms with E-state index < -0.39 is 0 Å². The number of pyridine rings is 1. The predicted molar refractivity (Wildman–Crippen MR) is 81.8 cm³/mol. The number of fused-ring (bicyclic) bond motifs is 1. The third kappa shape index (κ3) is 2.85. The first kappa shape index (κ1) is 13.5. The Balaban J connectivity index is 1.75. The lowest BCUT2D eigenvalue weighted by molar-refractivity contribution is 0.0952. The minimum Gasteiger partial charge on any atom is -0.351 e. The first-order chi connectivity index (χ1) is 10.3. The highest BCUT2D eigenvalue weighted by molar-refractivity contribution is 7.09. The second-order valence-electron chi connectivity index (χ2n) is 4.49. The zero-order valence-corrected chi connectivity index (χ0v) is 12.0. The summed E-state index contributed by atoms with van der Waals surface area (Å²) in [6, 6.07) is 9.24. The monoisotopic (exact) mass is 299 g/mol. The Morgan fingerprint density at radius 1 is 1.29 bits per heavy atom. The van der Waals surface area contributed by atoms with E-state index >= 15 is 0 Å². The molecule has 1 N–H and O–H groups in total. The third-order valence-corrected chi connectivity index (χ3v) is 4.03. The average Bonchev–Trinajstić information content (AvgIpc) is 3.01. The highest BCUT2D eigenvalue weighted by Gasteiger charge is 2.12. The van der Waals surface area contributed by atoms with Gasteiger partial charge in [-0.25, -0.2) is 4.98 Å². The van der Waals surface area contributed by atoms with Gasteiger partial charge in [0.2, 0.25) is 0 Å². The van der Waals surface area contributed by atoms with E-state index in [2.05, 4.69) is 10.3 Å². The summed E-state index contributed by atoms with van der Waals surface area (Å²) >= 11 is 1.65. The molecule has 0 unspecified atom stereocenters. The van der Waals surface area contributed by atoms with Crippen LogP contribution >= 0.6 is 11.3 Å². The van der Waals surface area contributed by atoms with Crippen molar-refractivity contribution in [2.45, 2.75) is 6.42 Å². The fraction of sp³-hybridized carbons (Fsp3) is 0.133. The van der Waals surface area contributed by atoms with Crippen LogP contribution < -0.4 is 10.9 Å². The Kier molecular flexibility index (Phi) is 3.79. The number of amides is 1. The Morgan fingerprint density at radius 2 is 2.19 bits per heavy atom. The molecule has 3 rings (SSSR count). The summed E-state index contributed by atoms with van der Waals surface area (Å²) < 4.78 is 1.37. The quantitative estimate of drug-likeness (QED) is 0.798. The van der Waals surface area contributed by atoms with Crippen LogP contribution in [0.5, 0.6) is 0 Å². The lowest BCUT2D eigenvalue weighted by atomic mass is 10.3. The van der Waals surface area contributed by atoms with Gasteiger partial charge in [0, 0.05) is 23.8 Å². The van der Waals surface area contributed by atoms with E-state index in [1.54, 1.807) is 35.7 Å². The molecule has 0 fully saturated rings. The molecule has 0 aliphatic carbocycles. The fourth-order valence-electron chi connectivity index (χ4n) is 2.03. The van der Waals surface area contributed by atoms with Gasteiger partial charge in [0.15, 0.2) is 0 Å². The zero-order valence-electron chi connectivity index (χ0n) is 11.2. The molecular weight excluding hydrogens is 286 g/mol. The van der Waals surface area contributed by atoms with Gasteiger partial charge in [-0.1, -0.05) is 12.1 Å². The topological polar surface area (TPSA) is 63.5 Å². The molecule has 0 atom stereocenters. The van der Waals surface area contributed by atoms with Crippen LogP contribution in [0, 0.1) is 0 Å². The van der Waals surface area contributed by atoms with Gasteiger partial charge in [0.05, 0.1) is 0 Å². The summed E-state index contributed by atoms with van der Waals surface area (Å²) in [5.41, 5.74) is 0.233. The van der Waals surface area contributed by atoms with Crippen LogP contribution in [0.3, 0.4) is 0 Å². The van der Waals surface area contributed by atoms with Crippen molar-refractivity contribution in [2.75, 3.05) is 6.54 Å². The van der Waals surface area contributed by atoms with Crippen LogP contribution in [-0.2, 0) is 6.42 Å². The SMILES string of the molecule is O=C(NCCc1cccs1)c1cnc2ccccn2c1=O. The van der Waals surface area contributed by atoms with Crippen molar-refractivity contribution in [3.05, 3.63) is 68.9 Å². The maximum atomic E-state index is 12.2. The molecule has 0 saturated carbocycles. The van der Waals surface area contributed by atoms with Crippen LogP contribution in [0.15, 0.2) is 52.9 Å². The number of carbonyl (C=O) groups excluding carboxylic acids is 1. The summed E-state index contributed by atoms with van der Waals surface area (Å²) in [5.74, 6) is -0.387. The molecule has 3 aromatic heterocycles. The number of rotatable bonds is 4. The van der Waals surface area contributed by atoms with E-state index in [9.17, 15) is 9.59 Å². The van der Waals surface area contributed by atoms with Crippen molar-refractivity contribution in [2.24, 2.45) is 0 Å². The van der Waals surface area contributed by atoms with Crippen molar-refractivity contribution in [1.29, 1.82) is 0 Å². The molecule has 0 aliphatic heterocycles. The van der Waals surface area contributed by atoms with Gasteiger partial charge < -0.3 is 5.32 Å². The Labute approximate surface area is 124 Å². The highest BCUT2D eigenvalue weighted by atomic mass is 32.1. The van der Waals surface area contributed by atoms with E-state index in [1.807, 2.05) is 17.5 Å². The largest absolute Gasteiger partial charge is 0.351 e. The maximum absolute atomic E-state index is 12.2. The number of hydrogen-bond acceptors (Lipinski definition) is 4. The van der Waals surface area contributed by atoms with Gasteiger partial charge in [-0.2, -0.15) is 0 Å². The molecule has 0 aliphatic rings. The van der Waals surface area contributed by atoms with E-state index in [1.165, 1.54) is 15.5 Å². The molecule has 3 aromatic rings. The number of carbonyl (C=O) groups is 1. The zero-order chi connectivity index (χ0) is 14.7. The van der Waals surface area contributed by atoms with Gasteiger partial charge in [0.1, 0.15) is 11.2 Å². The predicted octanol–water partition coefficient (Wildman–Crippen LogP) is 1.73. The van der Waals surface area contributed by atoms with E-state index in [4.69, 9.17) is 0 Å². The van der Waals surface area contributed by atoms with Gasteiger partial charge in [-0.15, -0.1) is 11.3 Å². The molecule has 21 heavy (non-hydrogen) atoms. The summed E-state index contributed by atoms with van der Waals surface area (Å²) in [7, 11) is 0. The van der Waals surface area contributed by atoms with E-state index in [0.717, 1.165) is 6.42 Å². The van der Waals surface area contributed by atoms with Crippen LogP contribution in [0.25, 0.3) is 5.65 Å². The Bertz CT molecular complexity index is 824. The smallest absolute Gasteiger partial charge is 0.270 e. The molecule has 5 nitrogen and oxygen atoms in total. The Hall–Kier alpha value is -2.47. The average molecular weight is 299 g/mol. The minimum absolute atomic E-state index is 0.0601. The molecule has 0 bridgehead atoms. The molecule has 0 radical (unpaired) electrons. The van der Waals surface area contributed by atoms with Crippen LogP contribution in [0.2, 0.25) is 0 Å². The van der Waals surface area contributed by atoms with Gasteiger partial charge >= 0.3 is 0 Å². The fourth-order valence-corrected chi connectivity index (χ4v) is 2.74. The second kappa shape index (κ2) is 5.88. The van der Waals surface area contributed by atoms with Gasteiger partial charge in [-0.05, 0) is 30.0 Å². The molecule has 0 aromatic carbocycles. The number of thiophene rings is 1. The lowest BCUT2D eigenvalue weighted by Gasteiger charge is -2.05. The molecule has 3 heterocycles. The second-order valence-corrected chi connectivity index (χ2v) is 5.52. The lowest BCUT2D eigenvalue weighted by Crippen LogP contribution is -2.32. The number of nitrogens with one attached hydrogen (secondary N) is 1. The van der Waals surface area contributed by atoms with E-state index in [-0.39, 0.29) is 17.0 Å². The summed E-state index contributed by atoms with van der Waals surface area (Å²) in [6.45, 7) is 0.496. The molecule has 106 valence electrons. The summed E-state index contributed by atoms with van der Waals surface area (Å²) in [4.78, 5) is 29.6. The minimum atomic E-state index is -0.387. The van der Waals surface area contributed by atoms with Gasteiger partial charge in [-0.3, -0.25) is 14.0 Å². The molecule has 6 heteroatoms. The highest BCUT2D eigenvalue weighted by Crippen LogP contribution is 2.08. The molecular formula is C15H13N3O2S. The van der Waals surface area contributed by atoms with Crippen molar-refractivity contribution in [1.82, 2.24) is 14.7 Å². The van der Waals surface area contributed by atoms with E-state index in [0.29, 0.717) is 12.2 Å². The first-order valence-electron chi connectivity index (χ1n) is 6.53. The van der Waals surface area contributed by atoms with Crippen LogP contribution in [-0.4, -0.2) is 21.8 Å². The normalized spacial score (nSPS) is 10.7.